The van der Waals surface area contributed by atoms with Gasteiger partial charge in [0.2, 0.25) is 17.1 Å². The number of nitrogens with zero attached hydrogens (tertiary/aromatic N) is 5. The van der Waals surface area contributed by atoms with Gasteiger partial charge in [-0.25, -0.2) is 5.21 Å². The molecule has 0 saturated heterocycles. The molecule has 0 radical (unpaired) electrons. The first-order chi connectivity index (χ1) is 32.1. The molecule has 4 rings (SSSR count). The number of nitro groups is 1. The maximum atomic E-state index is 12.4. The predicted octanol–water partition coefficient (Wildman–Crippen LogP) is 3.55. The molecule has 376 valence electrons. The van der Waals surface area contributed by atoms with Crippen molar-refractivity contribution in [3.8, 4) is 0 Å². The second-order valence-corrected chi connectivity index (χ2v) is 14.6. The highest BCUT2D eigenvalue weighted by molar-refractivity contribution is 6.63. The Morgan fingerprint density at radius 1 is 0.603 bits per heavy atom. The standard InChI is InChI=1S/C16H25N3O3.C16H27N3O.C8H7ClO.C8H8O2.HNO2.H2NO.H2O/c1-4-17(5-2)10-11-18(6-3)16(20)13-14-8-7-9-15(12-14)19(21)22;1-4-18(5-2)10-11-19(6-3)16(20)13-14-8-7-9-15(17)12-14;2*9-8(10)6-7-4-2-1-3-5-7;2-1-3;1-2;/h7-9,12H,4-6,10-11,13H2,1-3H3;7-9,12H,4-6,10-11,13,17H2,1-3H3;1-5H,6H2;1-5H,6H2,(H,9,10);1H;1H2;1H2/q;;;;;+1;/p+1. The smallest absolute Gasteiger partial charge is 0.307 e. The number of likely N-dealkylation sites (N-methyl/N-ethyl adjacent to an activating group) is 4. The van der Waals surface area contributed by atoms with E-state index in [0.29, 0.717) is 42.5 Å². The van der Waals surface area contributed by atoms with E-state index in [0.717, 1.165) is 69.0 Å². The van der Waals surface area contributed by atoms with Crippen LogP contribution < -0.4 is 16.7 Å². The number of carboxylic acids is 1. The normalized spacial score (nSPS) is 9.60. The number of non-ortho nitro benzene ring substituents is 1. The highest BCUT2D eigenvalue weighted by Crippen LogP contribution is 2.14. The van der Waals surface area contributed by atoms with Gasteiger partial charge in [-0.3, -0.25) is 29.3 Å². The number of anilines is 1. The number of nitrogen functional groups attached to an aromatic ring is 1. The van der Waals surface area contributed by atoms with Crippen molar-refractivity contribution in [1.82, 2.24) is 19.6 Å². The predicted molar refractivity (Wildman–Crippen MR) is 265 cm³/mol. The zero-order chi connectivity index (χ0) is 51.0. The first-order valence-electron chi connectivity index (χ1n) is 21.9. The number of amides is 2. The summed E-state index contributed by atoms with van der Waals surface area (Å²) in [7, 11) is 0. The van der Waals surface area contributed by atoms with Crippen LogP contribution >= 0.6 is 11.6 Å². The van der Waals surface area contributed by atoms with Gasteiger partial charge in [0, 0.05) is 68.4 Å². The van der Waals surface area contributed by atoms with Crippen LogP contribution in [-0.2, 0) is 44.9 Å². The number of aliphatic carboxylic acids is 1. The van der Waals surface area contributed by atoms with Gasteiger partial charge in [-0.2, -0.15) is 0 Å². The van der Waals surface area contributed by atoms with E-state index in [4.69, 9.17) is 37.5 Å². The van der Waals surface area contributed by atoms with Crippen LogP contribution in [0, 0.1) is 19.9 Å². The molecule has 0 aliphatic rings. The Morgan fingerprint density at radius 3 is 1.31 bits per heavy atom. The highest BCUT2D eigenvalue weighted by atomic mass is 35.5. The third-order valence-electron chi connectivity index (χ3n) is 9.80. The fourth-order valence-corrected chi connectivity index (χ4v) is 6.26. The molecule has 0 aromatic heterocycles. The summed E-state index contributed by atoms with van der Waals surface area (Å²) in [5.41, 5.74) is 13.2. The molecule has 0 fully saturated rings. The summed E-state index contributed by atoms with van der Waals surface area (Å²) in [5, 5.41) is 26.1. The molecule has 4 aromatic carbocycles. The van der Waals surface area contributed by atoms with Crippen LogP contribution in [0.2, 0.25) is 0 Å². The molecule has 68 heavy (non-hydrogen) atoms. The number of nitro benzene ring substituents is 1. The summed E-state index contributed by atoms with van der Waals surface area (Å²) in [6.07, 6.45) is 1.06. The van der Waals surface area contributed by atoms with Crippen LogP contribution in [0.5, 0.6) is 0 Å². The Kier molecular flexibility index (Phi) is 40.3. The van der Waals surface area contributed by atoms with Gasteiger partial charge < -0.3 is 35.9 Å². The lowest BCUT2D eigenvalue weighted by Crippen LogP contribution is -2.58. The summed E-state index contributed by atoms with van der Waals surface area (Å²) in [6, 6.07) is 32.4. The molecule has 0 atom stereocenters. The van der Waals surface area contributed by atoms with Crippen LogP contribution in [0.1, 0.15) is 63.8 Å². The molecule has 0 spiro atoms. The first-order valence-corrected chi connectivity index (χ1v) is 22.3. The summed E-state index contributed by atoms with van der Waals surface area (Å²) in [4.78, 5) is 79.9. The van der Waals surface area contributed by atoms with E-state index in [9.17, 15) is 29.3 Å². The summed E-state index contributed by atoms with van der Waals surface area (Å²) < 4.78 is 0. The average molecular weight is 974 g/mol. The second-order valence-electron chi connectivity index (χ2n) is 14.2. The highest BCUT2D eigenvalue weighted by Gasteiger charge is 2.16. The molecule has 0 heterocycles. The number of hydrogen-bond donors (Lipinski definition) is 5. The number of nitroso groups, excluding NO2 is 1. The first kappa shape index (κ1) is 65.6. The lowest BCUT2D eigenvalue weighted by atomic mass is 10.1. The number of hydrogen-bond acceptors (Lipinski definition) is 11. The fourth-order valence-electron chi connectivity index (χ4n) is 6.11. The van der Waals surface area contributed by atoms with E-state index in [-0.39, 0.29) is 41.1 Å². The lowest BCUT2D eigenvalue weighted by molar-refractivity contribution is -0.755. The number of carbonyl (C=O) groups excluding carboxylic acids is 3. The Balaban J connectivity index is -0.000000836. The Morgan fingerprint density at radius 2 is 0.971 bits per heavy atom. The van der Waals surface area contributed by atoms with E-state index >= 15 is 0 Å². The summed E-state index contributed by atoms with van der Waals surface area (Å²) in [6.45, 7) is 21.1. The monoisotopic (exact) mass is 973 g/mol. The third kappa shape index (κ3) is 32.1. The third-order valence-corrected chi connectivity index (χ3v) is 9.93. The quantitative estimate of drug-likeness (QED) is 0.0346. The molecule has 0 unspecified atom stereocenters. The Hall–Kier alpha value is -6.67. The molecule has 9 N–H and O–H groups in total. The molecule has 2 amide bonds. The maximum absolute atomic E-state index is 12.4. The van der Waals surface area contributed by atoms with E-state index < -0.39 is 10.9 Å². The maximum Gasteiger partial charge on any atom is 0.307 e. The van der Waals surface area contributed by atoms with Crippen LogP contribution in [0.15, 0.2) is 109 Å². The van der Waals surface area contributed by atoms with Crippen LogP contribution in [-0.4, -0.2) is 129 Å². The molecule has 0 saturated carbocycles. The largest absolute Gasteiger partial charge is 0.481 e. The van der Waals surface area contributed by atoms with E-state index in [1.54, 1.807) is 29.2 Å². The van der Waals surface area contributed by atoms with Gasteiger partial charge in [0.25, 0.3) is 5.69 Å². The summed E-state index contributed by atoms with van der Waals surface area (Å²) in [5.74, 6) is -0.605. The molecule has 0 aliphatic heterocycles. The minimum absolute atomic E-state index is 0. The van der Waals surface area contributed by atoms with Gasteiger partial charge in [0.15, 0.2) is 5.34 Å². The van der Waals surface area contributed by atoms with Crippen LogP contribution in [0.4, 0.5) is 11.4 Å². The van der Waals surface area contributed by atoms with Crippen molar-refractivity contribution in [1.29, 1.82) is 0 Å². The number of carboxylic acid groups (broad SMARTS) is 1. The van der Waals surface area contributed by atoms with Crippen molar-refractivity contribution >= 4 is 46.0 Å². The number of benzene rings is 4. The molecule has 4 aromatic rings. The van der Waals surface area contributed by atoms with Crippen molar-refractivity contribution in [3.05, 3.63) is 151 Å². The zero-order valence-electron chi connectivity index (χ0n) is 40.2. The summed E-state index contributed by atoms with van der Waals surface area (Å²) >= 11 is 5.17. The number of carbonyl (C=O) groups is 4. The Labute approximate surface area is 405 Å². The van der Waals surface area contributed by atoms with Gasteiger partial charge in [-0.1, -0.05) is 113 Å². The molecular formula is C48H73ClN8O11+2. The zero-order valence-corrected chi connectivity index (χ0v) is 41.0. The number of rotatable bonds is 21. The van der Waals surface area contributed by atoms with Crippen molar-refractivity contribution in [2.24, 2.45) is 0 Å². The fraction of sp³-hybridized carbons (Fsp3) is 0.417. The van der Waals surface area contributed by atoms with Gasteiger partial charge in [-0.15, -0.1) is 0 Å². The number of nitrogens with two attached hydrogens (primary N) is 2. The van der Waals surface area contributed by atoms with Crippen molar-refractivity contribution < 1.29 is 50.8 Å². The van der Waals surface area contributed by atoms with Crippen molar-refractivity contribution in [2.75, 3.05) is 71.2 Å². The molecule has 0 bridgehead atoms. The van der Waals surface area contributed by atoms with Gasteiger partial charge >= 0.3 is 5.97 Å². The van der Waals surface area contributed by atoms with Crippen molar-refractivity contribution in [2.45, 2.75) is 67.2 Å². The number of halogens is 1. The second kappa shape index (κ2) is 41.7. The Bertz CT molecular complexity index is 1930. The minimum atomic E-state index is -0.786. The molecule has 0 aliphatic carbocycles. The topological polar surface area (TPSA) is 296 Å². The number of nitrogens with one attached hydrogen (secondary N) is 1. The molecular weight excluding hydrogens is 900 g/mol. The minimum Gasteiger partial charge on any atom is -0.481 e. The van der Waals surface area contributed by atoms with E-state index in [2.05, 4.69) is 43.1 Å². The van der Waals surface area contributed by atoms with Gasteiger partial charge in [-0.05, 0) is 91.6 Å². The average Bonchev–Trinajstić information content (AvgIpc) is 3.31. The van der Waals surface area contributed by atoms with Gasteiger partial charge in [0.1, 0.15) is 0 Å². The van der Waals surface area contributed by atoms with E-state index in [1.165, 1.54) is 12.1 Å². The lowest BCUT2D eigenvalue weighted by Gasteiger charge is -2.25. The molecule has 19 nitrogen and oxygen atoms in total. The van der Waals surface area contributed by atoms with Gasteiger partial charge in [0.05, 0.1) is 29.1 Å². The van der Waals surface area contributed by atoms with Crippen molar-refractivity contribution in [3.63, 3.8) is 0 Å². The van der Waals surface area contributed by atoms with Crippen LogP contribution in [0.3, 0.4) is 0 Å². The van der Waals surface area contributed by atoms with Crippen LogP contribution in [0.25, 0.3) is 0 Å². The SMILES string of the molecule is CCN(CC)CCN(CC)C(=O)Cc1cccc(N)c1.CCN(CC)CCN(CC)C(=O)Cc1cccc([N+](=O)[O-])c1.O.O=C(Cl)Cc1ccccc1.O=C(O)Cc1ccccc1.O=[NH+]O.[NH2+]=O. The molecule has 20 heteroatoms. The van der Waals surface area contributed by atoms with E-state index in [1.807, 2.05) is 91.5 Å².